The van der Waals surface area contributed by atoms with Crippen LogP contribution < -0.4 is 19.1 Å². The molecule has 7 nitrogen and oxygen atoms in total. The van der Waals surface area contributed by atoms with Crippen molar-refractivity contribution in [2.75, 3.05) is 26.2 Å². The molecular weight excluding hydrogens is 494 g/mol. The number of ether oxygens (including phenoxy) is 3. The van der Waals surface area contributed by atoms with Crippen LogP contribution in [0.2, 0.25) is 5.02 Å². The first-order valence-electron chi connectivity index (χ1n) is 11.6. The van der Waals surface area contributed by atoms with E-state index in [1.54, 1.807) is 69.5 Å². The minimum atomic E-state index is -0.946. The van der Waals surface area contributed by atoms with Crippen LogP contribution in [0.25, 0.3) is 5.76 Å². The van der Waals surface area contributed by atoms with Crippen molar-refractivity contribution in [3.05, 3.63) is 86.9 Å². The smallest absolute Gasteiger partial charge is 0.300 e. The monoisotopic (exact) mass is 521 g/mol. The number of halogens is 1. The van der Waals surface area contributed by atoms with Crippen LogP contribution >= 0.6 is 11.6 Å². The van der Waals surface area contributed by atoms with Crippen LogP contribution in [0.1, 0.15) is 33.9 Å². The Bertz CT molecular complexity index is 1440. The molecule has 0 bridgehead atoms. The fourth-order valence-electron chi connectivity index (χ4n) is 4.69. The molecule has 1 saturated heterocycles. The van der Waals surface area contributed by atoms with Crippen molar-refractivity contribution >= 4 is 34.7 Å². The molecular formula is C29H28ClNO6. The molecule has 0 spiro atoms. The second kappa shape index (κ2) is 10.2. The van der Waals surface area contributed by atoms with Gasteiger partial charge in [0.2, 0.25) is 0 Å². The molecule has 0 aliphatic carbocycles. The summed E-state index contributed by atoms with van der Waals surface area (Å²) in [7, 11) is 4.59. The number of rotatable bonds is 6. The van der Waals surface area contributed by atoms with Crippen molar-refractivity contribution < 1.29 is 28.9 Å². The lowest BCUT2D eigenvalue weighted by Gasteiger charge is -2.27. The minimum Gasteiger partial charge on any atom is -0.507 e. The zero-order chi connectivity index (χ0) is 27.0. The number of Topliss-reactive ketones (excluding diaryl/α,β-unsaturated/α-hetero) is 1. The molecule has 8 heteroatoms. The summed E-state index contributed by atoms with van der Waals surface area (Å²) < 4.78 is 16.3. The Morgan fingerprint density at radius 2 is 1.54 bits per heavy atom. The van der Waals surface area contributed by atoms with E-state index in [0.717, 1.165) is 5.56 Å². The largest absolute Gasteiger partial charge is 0.507 e. The first kappa shape index (κ1) is 26.1. The van der Waals surface area contributed by atoms with E-state index >= 15 is 0 Å². The van der Waals surface area contributed by atoms with Crippen LogP contribution in [0.3, 0.4) is 0 Å². The second-order valence-electron chi connectivity index (χ2n) is 8.80. The van der Waals surface area contributed by atoms with Gasteiger partial charge in [0, 0.05) is 16.3 Å². The summed E-state index contributed by atoms with van der Waals surface area (Å²) in [6.07, 6.45) is 0. The number of ketones is 1. The normalized spacial score (nSPS) is 16.7. The predicted molar refractivity (Wildman–Crippen MR) is 143 cm³/mol. The van der Waals surface area contributed by atoms with Gasteiger partial charge in [-0.2, -0.15) is 0 Å². The van der Waals surface area contributed by atoms with Crippen molar-refractivity contribution in [2.24, 2.45) is 0 Å². The molecule has 1 heterocycles. The number of hydrogen-bond acceptors (Lipinski definition) is 6. The van der Waals surface area contributed by atoms with Crippen LogP contribution in [-0.2, 0) is 9.59 Å². The number of carbonyl (C=O) groups excluding carboxylic acids is 2. The number of benzene rings is 3. The van der Waals surface area contributed by atoms with Gasteiger partial charge in [0.1, 0.15) is 11.5 Å². The second-order valence-corrected chi connectivity index (χ2v) is 9.21. The fraction of sp³-hybridized carbons (Fsp3) is 0.241. The molecule has 1 aliphatic heterocycles. The van der Waals surface area contributed by atoms with E-state index in [9.17, 15) is 14.7 Å². The van der Waals surface area contributed by atoms with Crippen LogP contribution in [0.15, 0.2) is 54.1 Å². The number of aliphatic hydroxyl groups excluding tert-OH is 1. The van der Waals surface area contributed by atoms with Crippen LogP contribution in [0.5, 0.6) is 17.2 Å². The summed E-state index contributed by atoms with van der Waals surface area (Å²) in [6.45, 7) is 5.42. The maximum Gasteiger partial charge on any atom is 0.300 e. The van der Waals surface area contributed by atoms with Crippen molar-refractivity contribution in [3.63, 3.8) is 0 Å². The van der Waals surface area contributed by atoms with Gasteiger partial charge in [0.25, 0.3) is 11.7 Å². The number of nitrogens with zero attached hydrogens (tertiary/aromatic N) is 1. The molecule has 3 aromatic carbocycles. The van der Waals surface area contributed by atoms with Crippen LogP contribution in [-0.4, -0.2) is 38.1 Å². The summed E-state index contributed by atoms with van der Waals surface area (Å²) in [4.78, 5) is 28.5. The lowest BCUT2D eigenvalue weighted by atomic mass is 9.92. The Labute approximate surface area is 220 Å². The highest BCUT2D eigenvalue weighted by Gasteiger charge is 2.47. The Kier molecular flexibility index (Phi) is 7.18. The lowest BCUT2D eigenvalue weighted by Crippen LogP contribution is -2.30. The van der Waals surface area contributed by atoms with Gasteiger partial charge in [-0.05, 0) is 79.4 Å². The van der Waals surface area contributed by atoms with Gasteiger partial charge < -0.3 is 19.3 Å². The van der Waals surface area contributed by atoms with Crippen molar-refractivity contribution in [2.45, 2.75) is 26.8 Å². The number of carbonyl (C=O) groups is 2. The summed E-state index contributed by atoms with van der Waals surface area (Å²) in [5, 5.41) is 12.0. The van der Waals surface area contributed by atoms with E-state index in [4.69, 9.17) is 25.8 Å². The molecule has 37 heavy (non-hydrogen) atoms. The quantitative estimate of drug-likeness (QED) is 0.246. The first-order valence-corrected chi connectivity index (χ1v) is 12.0. The minimum absolute atomic E-state index is 0.0377. The highest BCUT2D eigenvalue weighted by Crippen LogP contribution is 2.46. The third-order valence-corrected chi connectivity index (χ3v) is 7.07. The number of aliphatic hydroxyl groups is 1. The highest BCUT2D eigenvalue weighted by atomic mass is 35.5. The third-order valence-electron chi connectivity index (χ3n) is 6.66. The van der Waals surface area contributed by atoms with E-state index in [1.807, 2.05) is 6.92 Å². The molecule has 192 valence electrons. The Morgan fingerprint density at radius 1 is 0.865 bits per heavy atom. The van der Waals surface area contributed by atoms with Gasteiger partial charge in [0.15, 0.2) is 11.5 Å². The summed E-state index contributed by atoms with van der Waals surface area (Å²) in [6, 6.07) is 12.9. The third kappa shape index (κ3) is 4.40. The van der Waals surface area contributed by atoms with Crippen LogP contribution in [0.4, 0.5) is 5.69 Å². The van der Waals surface area contributed by atoms with E-state index in [0.29, 0.717) is 50.2 Å². The summed E-state index contributed by atoms with van der Waals surface area (Å²) in [5.41, 5.74) is 3.52. The zero-order valence-electron chi connectivity index (χ0n) is 21.5. The predicted octanol–water partition coefficient (Wildman–Crippen LogP) is 5.92. The standard InChI is InChI=1S/C29H28ClNO6/c1-15-13-23(36-5)16(2)12-19(15)27(32)25-26(18-10-11-22(35-4)24(14-18)37-6)31(29(34)28(25)33)21-9-7-8-20(30)17(21)3/h7-14,26,32H,1-6H3/b27-25+. The number of methoxy groups -OCH3 is 3. The molecule has 1 fully saturated rings. The summed E-state index contributed by atoms with van der Waals surface area (Å²) >= 11 is 6.39. The van der Waals surface area contributed by atoms with Gasteiger partial charge in [-0.1, -0.05) is 23.7 Å². The van der Waals surface area contributed by atoms with E-state index in [2.05, 4.69) is 0 Å². The van der Waals surface area contributed by atoms with E-state index in [1.165, 1.54) is 19.1 Å². The number of aryl methyl sites for hydroxylation is 2. The molecule has 0 aromatic heterocycles. The van der Waals surface area contributed by atoms with Crippen molar-refractivity contribution in [1.29, 1.82) is 0 Å². The molecule has 0 saturated carbocycles. The van der Waals surface area contributed by atoms with Gasteiger partial charge in [-0.25, -0.2) is 0 Å². The molecule has 1 amide bonds. The van der Waals surface area contributed by atoms with E-state index < -0.39 is 17.7 Å². The van der Waals surface area contributed by atoms with Crippen molar-refractivity contribution in [3.8, 4) is 17.2 Å². The van der Waals surface area contributed by atoms with E-state index in [-0.39, 0.29) is 11.3 Å². The average Bonchev–Trinajstić information content (AvgIpc) is 3.15. The van der Waals surface area contributed by atoms with Gasteiger partial charge in [0.05, 0.1) is 32.9 Å². The number of amides is 1. The summed E-state index contributed by atoms with van der Waals surface area (Å²) in [5.74, 6) is -0.281. The molecule has 4 rings (SSSR count). The SMILES string of the molecule is COc1cc(C)c(/C(O)=C2\C(=O)C(=O)N(c3cccc(Cl)c3C)C2c2ccc(OC)c(OC)c2)cc1C. The zero-order valence-corrected chi connectivity index (χ0v) is 22.3. The Balaban J connectivity index is 2.03. The highest BCUT2D eigenvalue weighted by molar-refractivity contribution is 6.52. The van der Waals surface area contributed by atoms with Gasteiger partial charge in [-0.3, -0.25) is 14.5 Å². The van der Waals surface area contributed by atoms with Crippen molar-refractivity contribution in [1.82, 2.24) is 0 Å². The Hall–Kier alpha value is -3.97. The lowest BCUT2D eigenvalue weighted by molar-refractivity contribution is -0.132. The maximum atomic E-state index is 13.6. The molecule has 1 unspecified atom stereocenters. The molecule has 0 radical (unpaired) electrons. The Morgan fingerprint density at radius 3 is 2.19 bits per heavy atom. The van der Waals surface area contributed by atoms with Crippen LogP contribution in [0, 0.1) is 20.8 Å². The van der Waals surface area contributed by atoms with Gasteiger partial charge in [-0.15, -0.1) is 0 Å². The maximum absolute atomic E-state index is 13.6. The van der Waals surface area contributed by atoms with Gasteiger partial charge >= 0.3 is 0 Å². The average molecular weight is 522 g/mol. The number of anilines is 1. The topological polar surface area (TPSA) is 85.3 Å². The fourth-order valence-corrected chi connectivity index (χ4v) is 4.86. The number of hydrogen-bond donors (Lipinski definition) is 1. The first-order chi connectivity index (χ1) is 17.6. The molecule has 1 aliphatic rings. The molecule has 1 N–H and O–H groups in total. The molecule has 3 aromatic rings. The molecule has 1 atom stereocenters.